The van der Waals surface area contributed by atoms with Gasteiger partial charge in [-0.3, -0.25) is 4.99 Å². The fourth-order valence-corrected chi connectivity index (χ4v) is 5.76. The predicted molar refractivity (Wildman–Crippen MR) is 118 cm³/mol. The van der Waals surface area contributed by atoms with Gasteiger partial charge in [0.15, 0.2) is 0 Å². The van der Waals surface area contributed by atoms with Crippen LogP contribution in [0.5, 0.6) is 0 Å². The largest absolute Gasteiger partial charge is 0.356 e. The predicted octanol–water partition coefficient (Wildman–Crippen LogP) is 4.98. The van der Waals surface area contributed by atoms with Crippen molar-refractivity contribution in [1.82, 2.24) is 4.98 Å². The van der Waals surface area contributed by atoms with E-state index in [1.54, 1.807) is 6.92 Å². The monoisotopic (exact) mass is 407 g/mol. The van der Waals surface area contributed by atoms with Crippen molar-refractivity contribution in [1.29, 1.82) is 5.26 Å². The summed E-state index contributed by atoms with van der Waals surface area (Å²) in [5.41, 5.74) is 1.04. The zero-order valence-electron chi connectivity index (χ0n) is 17.7. The molecule has 2 saturated carbocycles. The third-order valence-electron chi connectivity index (χ3n) is 7.48. The Morgan fingerprint density at radius 3 is 2.80 bits per heavy atom. The van der Waals surface area contributed by atoms with Gasteiger partial charge in [0, 0.05) is 37.5 Å². The highest BCUT2D eigenvalue weighted by Crippen LogP contribution is 2.51. The van der Waals surface area contributed by atoms with Gasteiger partial charge in [-0.15, -0.1) is 0 Å². The van der Waals surface area contributed by atoms with Crippen LogP contribution in [0.1, 0.15) is 63.4 Å². The van der Waals surface area contributed by atoms with Crippen molar-refractivity contribution in [2.75, 3.05) is 29.9 Å². The number of aromatic nitrogens is 1. The molecule has 0 aromatic carbocycles. The van der Waals surface area contributed by atoms with E-state index in [0.29, 0.717) is 37.1 Å². The summed E-state index contributed by atoms with van der Waals surface area (Å²) in [5, 5.41) is 12.6. The number of nitrogens with one attached hydrogen (secondary N) is 1. The van der Waals surface area contributed by atoms with Crippen molar-refractivity contribution in [3.05, 3.63) is 29.3 Å². The molecule has 158 valence electrons. The van der Waals surface area contributed by atoms with Crippen molar-refractivity contribution < 1.29 is 4.39 Å². The molecule has 1 saturated heterocycles. The number of pyridine rings is 1. The van der Waals surface area contributed by atoms with Gasteiger partial charge in [0.05, 0.1) is 6.07 Å². The van der Waals surface area contributed by atoms with Gasteiger partial charge in [0.25, 0.3) is 0 Å². The minimum Gasteiger partial charge on any atom is -0.356 e. The molecule has 2 aliphatic carbocycles. The summed E-state index contributed by atoms with van der Waals surface area (Å²) >= 11 is 0. The smallest absolute Gasteiger partial charge is 0.134 e. The lowest BCUT2D eigenvalue weighted by Crippen LogP contribution is -2.47. The molecule has 1 aromatic rings. The average Bonchev–Trinajstić information content (AvgIpc) is 3.14. The molecule has 3 unspecified atom stereocenters. The molecule has 4 aliphatic rings. The van der Waals surface area contributed by atoms with Crippen molar-refractivity contribution >= 4 is 17.5 Å². The number of anilines is 2. The molecule has 1 aromatic heterocycles. The van der Waals surface area contributed by atoms with E-state index in [1.165, 1.54) is 37.7 Å². The lowest BCUT2D eigenvalue weighted by Gasteiger charge is -2.42. The van der Waals surface area contributed by atoms with Crippen molar-refractivity contribution in [2.45, 2.75) is 63.5 Å². The second kappa shape index (κ2) is 7.68. The van der Waals surface area contributed by atoms with Gasteiger partial charge in [-0.2, -0.15) is 5.26 Å². The number of nitriles is 1. The molecular formula is C24H30FN5. The number of alkyl halides is 1. The Bertz CT molecular complexity index is 922. The summed E-state index contributed by atoms with van der Waals surface area (Å²) in [6, 6.07) is 6.63. The van der Waals surface area contributed by atoms with Crippen LogP contribution in [-0.2, 0) is 0 Å². The van der Waals surface area contributed by atoms with Crippen molar-refractivity contribution in [3.8, 4) is 6.07 Å². The second-order valence-electron chi connectivity index (χ2n) is 9.66. The molecular weight excluding hydrogens is 377 g/mol. The molecule has 2 aliphatic heterocycles. The Morgan fingerprint density at radius 1 is 1.23 bits per heavy atom. The topological polar surface area (TPSA) is 64.3 Å². The van der Waals surface area contributed by atoms with E-state index < -0.39 is 5.67 Å². The normalized spacial score (nSPS) is 31.3. The SMILES string of the molecule is CC1(F)CC2CN(c3cc(C4CCCCC4)cc(NC4=NCCC(C#N)=C4)n3)CC21. The minimum atomic E-state index is -1.03. The van der Waals surface area contributed by atoms with Gasteiger partial charge in [-0.05, 0) is 61.8 Å². The number of hydrogen-bond acceptors (Lipinski definition) is 5. The Kier molecular flexibility index (Phi) is 5.00. The van der Waals surface area contributed by atoms with Crippen LogP contribution in [0, 0.1) is 23.2 Å². The summed E-state index contributed by atoms with van der Waals surface area (Å²) < 4.78 is 14.6. The van der Waals surface area contributed by atoms with Crippen molar-refractivity contribution in [2.24, 2.45) is 16.8 Å². The Morgan fingerprint density at radius 2 is 2.07 bits per heavy atom. The number of rotatable bonds is 3. The molecule has 3 heterocycles. The van der Waals surface area contributed by atoms with E-state index >= 15 is 0 Å². The maximum Gasteiger partial charge on any atom is 0.134 e. The number of hydrogen-bond donors (Lipinski definition) is 1. The van der Waals surface area contributed by atoms with Crippen LogP contribution in [-0.4, -0.2) is 36.1 Å². The second-order valence-corrected chi connectivity index (χ2v) is 9.66. The summed E-state index contributed by atoms with van der Waals surface area (Å²) in [7, 11) is 0. The van der Waals surface area contributed by atoms with Crippen LogP contribution in [0.25, 0.3) is 0 Å². The molecule has 3 fully saturated rings. The minimum absolute atomic E-state index is 0.123. The number of aliphatic imine (C=N–C) groups is 1. The molecule has 3 atom stereocenters. The molecule has 0 radical (unpaired) electrons. The van der Waals surface area contributed by atoms with E-state index in [2.05, 4.69) is 33.4 Å². The highest BCUT2D eigenvalue weighted by Gasteiger charge is 2.55. The van der Waals surface area contributed by atoms with E-state index in [4.69, 9.17) is 4.98 Å². The molecule has 0 amide bonds. The van der Waals surface area contributed by atoms with Crippen LogP contribution >= 0.6 is 0 Å². The molecule has 0 bridgehead atoms. The lowest BCUT2D eigenvalue weighted by molar-refractivity contribution is -0.0277. The Balaban J connectivity index is 1.43. The summed E-state index contributed by atoms with van der Waals surface area (Å²) in [5.74, 6) is 3.56. The summed E-state index contributed by atoms with van der Waals surface area (Å²) in [6.45, 7) is 4.01. The molecule has 0 spiro atoms. The first-order valence-corrected chi connectivity index (χ1v) is 11.4. The third-order valence-corrected chi connectivity index (χ3v) is 7.48. The lowest BCUT2D eigenvalue weighted by atomic mass is 9.65. The van der Waals surface area contributed by atoms with E-state index in [9.17, 15) is 9.65 Å². The quantitative estimate of drug-likeness (QED) is 0.768. The number of amidine groups is 1. The number of halogens is 1. The molecule has 1 N–H and O–H groups in total. The Labute approximate surface area is 178 Å². The first kappa shape index (κ1) is 19.5. The van der Waals surface area contributed by atoms with Gasteiger partial charge in [-0.25, -0.2) is 9.37 Å². The molecule has 5 rings (SSSR count). The first-order chi connectivity index (χ1) is 14.5. The number of nitrogens with zero attached hydrogens (tertiary/aromatic N) is 4. The van der Waals surface area contributed by atoms with Crippen LogP contribution in [0.4, 0.5) is 16.0 Å². The van der Waals surface area contributed by atoms with E-state index in [-0.39, 0.29) is 5.92 Å². The van der Waals surface area contributed by atoms with Crippen LogP contribution in [0.15, 0.2) is 28.8 Å². The average molecular weight is 408 g/mol. The van der Waals surface area contributed by atoms with Crippen molar-refractivity contribution in [3.63, 3.8) is 0 Å². The van der Waals surface area contributed by atoms with E-state index in [0.717, 1.165) is 30.3 Å². The van der Waals surface area contributed by atoms with E-state index in [1.807, 2.05) is 6.08 Å². The third kappa shape index (κ3) is 3.71. The fraction of sp³-hybridized carbons (Fsp3) is 0.625. The highest BCUT2D eigenvalue weighted by molar-refractivity contribution is 6.04. The van der Waals surface area contributed by atoms with Gasteiger partial charge in [0.2, 0.25) is 0 Å². The summed E-state index contributed by atoms with van der Waals surface area (Å²) in [6.07, 6.45) is 9.50. The van der Waals surface area contributed by atoms with Crippen LogP contribution in [0.2, 0.25) is 0 Å². The van der Waals surface area contributed by atoms with Gasteiger partial charge >= 0.3 is 0 Å². The standard InChI is InChI=1S/C24H30FN5/c1-24(25)12-19-14-30(15-20(19)24)23-11-18(17-5-3-2-4-6-17)10-22(29-23)28-21-9-16(13-26)7-8-27-21/h9-11,17,19-20H,2-8,12,14-15H2,1H3,(H,27,28,29). The number of dihydropyridines is 1. The van der Waals surface area contributed by atoms with Crippen LogP contribution < -0.4 is 10.2 Å². The maximum atomic E-state index is 14.6. The zero-order chi connectivity index (χ0) is 20.7. The Hall–Kier alpha value is -2.42. The van der Waals surface area contributed by atoms with Gasteiger partial charge in [-0.1, -0.05) is 19.3 Å². The van der Waals surface area contributed by atoms with Gasteiger partial charge < -0.3 is 10.2 Å². The number of fused-ring (bicyclic) bond motifs is 1. The van der Waals surface area contributed by atoms with Gasteiger partial charge in [0.1, 0.15) is 23.1 Å². The molecule has 30 heavy (non-hydrogen) atoms. The maximum absolute atomic E-state index is 14.6. The van der Waals surface area contributed by atoms with Crippen LogP contribution in [0.3, 0.4) is 0 Å². The molecule has 6 heteroatoms. The summed E-state index contributed by atoms with van der Waals surface area (Å²) in [4.78, 5) is 11.7. The molecule has 5 nitrogen and oxygen atoms in total. The first-order valence-electron chi connectivity index (χ1n) is 11.4. The zero-order valence-corrected chi connectivity index (χ0v) is 17.7. The fourth-order valence-electron chi connectivity index (χ4n) is 5.76. The highest BCUT2D eigenvalue weighted by atomic mass is 19.1.